The summed E-state index contributed by atoms with van der Waals surface area (Å²) in [4.78, 5) is 11.9. The Kier molecular flexibility index (Phi) is 13.9. The fourth-order valence-electron chi connectivity index (χ4n) is 11.7. The molecule has 0 saturated carbocycles. The van der Waals surface area contributed by atoms with Crippen molar-refractivity contribution >= 4 is 61.6 Å². The number of anilines is 7. The van der Waals surface area contributed by atoms with Gasteiger partial charge in [0, 0.05) is 69.4 Å². The number of nitrogens with zero attached hydrogens (tertiary/aromatic N) is 5. The van der Waals surface area contributed by atoms with Crippen LogP contribution in [0.1, 0.15) is 105 Å². The van der Waals surface area contributed by atoms with Crippen molar-refractivity contribution in [3.8, 4) is 39.6 Å². The van der Waals surface area contributed by atoms with Crippen molar-refractivity contribution in [2.75, 3.05) is 21.4 Å². The first-order valence-electron chi connectivity index (χ1n) is 29.2. The van der Waals surface area contributed by atoms with Gasteiger partial charge >= 0.3 is 0 Å². The lowest BCUT2D eigenvalue weighted by Gasteiger charge is -2.32. The summed E-state index contributed by atoms with van der Waals surface area (Å²) in [5.41, 5.74) is 15.6. The third-order valence-electron chi connectivity index (χ3n) is 16.3. The second-order valence-electron chi connectivity index (χ2n) is 26.6. The number of fused-ring (bicyclic) bond motifs is 4. The summed E-state index contributed by atoms with van der Waals surface area (Å²) in [6.45, 7) is 27.2. The molecule has 3 heterocycles. The van der Waals surface area contributed by atoms with E-state index in [0.717, 1.165) is 95.8 Å². The first kappa shape index (κ1) is 55.5. The molecule has 0 saturated heterocycles. The lowest BCUT2D eigenvalue weighted by atomic mass is 9.77. The minimum atomic E-state index is -0.635. The summed E-state index contributed by atoms with van der Waals surface area (Å²) < 4.78 is 41.1. The van der Waals surface area contributed by atoms with Crippen molar-refractivity contribution in [3.63, 3.8) is 0 Å². The molecule has 0 bridgehead atoms. The van der Waals surface area contributed by atoms with Gasteiger partial charge in [-0.15, -0.1) is 0 Å². The van der Waals surface area contributed by atoms with E-state index in [9.17, 15) is 0 Å². The Labute approximate surface area is 494 Å². The van der Waals surface area contributed by atoms with Crippen LogP contribution in [0.15, 0.2) is 212 Å². The Bertz CT molecular complexity index is 4200. The Balaban J connectivity index is 1.08. The van der Waals surface area contributed by atoms with Crippen LogP contribution in [0.4, 0.5) is 48.6 Å². The molecule has 11 aromatic rings. The van der Waals surface area contributed by atoms with E-state index < -0.39 is 11.6 Å². The second-order valence-corrected chi connectivity index (χ2v) is 26.6. The Morgan fingerprint density at radius 2 is 0.940 bits per heavy atom. The standard InChI is InChI=1S/C76H73F2N5O/c1-73(2,3)51-33-34-79-71(42-51)83-67-28-20-19-27-63(67)64-32-31-61(47-70(64)83)84-62-45-59(44-60(46-62)82(57-23-15-13-16-24-57)58-25-17-14-18-26-58)80-48-81(69-30-22-21-29-68(69)80)72-65(49-35-52(74(4,5)6)39-53(36-49)75(7,8)9)40-54(76(10,11)12)41-66(72)50-37-55(77)43-56(78)38-50/h13-47H,48H2,1-12H3. The summed E-state index contributed by atoms with van der Waals surface area (Å²) in [7, 11) is 0. The Morgan fingerprint density at radius 3 is 1.54 bits per heavy atom. The molecule has 0 unspecified atom stereocenters. The van der Waals surface area contributed by atoms with Crippen LogP contribution in [0.5, 0.6) is 11.5 Å². The van der Waals surface area contributed by atoms with Crippen LogP contribution in [-0.4, -0.2) is 16.2 Å². The molecule has 6 nitrogen and oxygen atoms in total. The maximum atomic E-state index is 15.8. The molecule has 12 rings (SSSR count). The highest BCUT2D eigenvalue weighted by Crippen LogP contribution is 2.53. The molecule has 0 aliphatic carbocycles. The lowest BCUT2D eigenvalue weighted by Crippen LogP contribution is -2.26. The van der Waals surface area contributed by atoms with Crippen molar-refractivity contribution in [1.82, 2.24) is 9.55 Å². The van der Waals surface area contributed by atoms with E-state index in [1.165, 1.54) is 28.8 Å². The first-order valence-corrected chi connectivity index (χ1v) is 29.2. The third-order valence-corrected chi connectivity index (χ3v) is 16.3. The van der Waals surface area contributed by atoms with Gasteiger partial charge in [-0.1, -0.05) is 168 Å². The number of hydrogen-bond donors (Lipinski definition) is 0. The van der Waals surface area contributed by atoms with Crippen LogP contribution in [0.25, 0.3) is 49.9 Å². The van der Waals surface area contributed by atoms with E-state index >= 15 is 8.78 Å². The number of benzene rings is 9. The van der Waals surface area contributed by atoms with Crippen LogP contribution >= 0.6 is 0 Å². The fourth-order valence-corrected chi connectivity index (χ4v) is 11.7. The number of ether oxygens (including phenoxy) is 1. The van der Waals surface area contributed by atoms with Gasteiger partial charge in [0.25, 0.3) is 0 Å². The number of halogens is 2. The summed E-state index contributed by atoms with van der Waals surface area (Å²) in [5.74, 6) is 0.866. The van der Waals surface area contributed by atoms with Gasteiger partial charge in [0.1, 0.15) is 35.6 Å². The topological polar surface area (TPSA) is 36.8 Å². The average Bonchev–Trinajstić information content (AvgIpc) is 2.48. The van der Waals surface area contributed by atoms with Gasteiger partial charge in [0.15, 0.2) is 0 Å². The largest absolute Gasteiger partial charge is 0.457 e. The molecule has 0 fully saturated rings. The predicted octanol–water partition coefficient (Wildman–Crippen LogP) is 21.5. The van der Waals surface area contributed by atoms with Gasteiger partial charge < -0.3 is 19.4 Å². The van der Waals surface area contributed by atoms with E-state index in [0.29, 0.717) is 23.7 Å². The van der Waals surface area contributed by atoms with Crippen LogP contribution in [0, 0.1) is 11.6 Å². The van der Waals surface area contributed by atoms with Crippen molar-refractivity contribution < 1.29 is 13.5 Å². The minimum absolute atomic E-state index is 0.0793. The number of para-hydroxylation sites is 5. The smallest absolute Gasteiger partial charge is 0.137 e. The molecule has 0 spiro atoms. The molecule has 1 aliphatic heterocycles. The van der Waals surface area contributed by atoms with Crippen molar-refractivity contribution in [2.45, 2.75) is 105 Å². The highest BCUT2D eigenvalue weighted by atomic mass is 19.1. The predicted molar refractivity (Wildman–Crippen MR) is 347 cm³/mol. The quantitative estimate of drug-likeness (QED) is 0.136. The maximum Gasteiger partial charge on any atom is 0.137 e. The molecule has 0 N–H and O–H groups in total. The molecule has 2 aromatic heterocycles. The SMILES string of the molecule is CC(C)(C)c1cc(-c2cc(C(C)(C)C)cc(-c3cc(F)cc(F)c3)c2N2CN(c3cc(Oc4ccc5c6ccccc6n(-c6cc(C(C)(C)C)ccn6)c5c4)cc(N(c4ccccc4)c4ccccc4)c3)c3ccccc32)cc(C(C)(C)C)c1. The molecule has 0 atom stereocenters. The van der Waals surface area contributed by atoms with Crippen LogP contribution in [0.2, 0.25) is 0 Å². The van der Waals surface area contributed by atoms with E-state index in [1.807, 2.05) is 18.3 Å². The van der Waals surface area contributed by atoms with E-state index in [2.05, 4.69) is 278 Å². The molecule has 0 amide bonds. The van der Waals surface area contributed by atoms with Gasteiger partial charge in [-0.3, -0.25) is 4.57 Å². The normalized spacial score (nSPS) is 13.0. The molecular weight excluding hydrogens is 1040 g/mol. The minimum Gasteiger partial charge on any atom is -0.457 e. The zero-order valence-electron chi connectivity index (χ0n) is 50.3. The summed E-state index contributed by atoms with van der Waals surface area (Å²) >= 11 is 0. The van der Waals surface area contributed by atoms with Crippen molar-refractivity contribution in [2.24, 2.45) is 0 Å². The van der Waals surface area contributed by atoms with Gasteiger partial charge in [-0.25, -0.2) is 13.8 Å². The van der Waals surface area contributed by atoms with Crippen LogP contribution in [0.3, 0.4) is 0 Å². The molecule has 0 radical (unpaired) electrons. The van der Waals surface area contributed by atoms with Crippen molar-refractivity contribution in [1.29, 1.82) is 0 Å². The summed E-state index contributed by atoms with van der Waals surface area (Å²) in [6.07, 6.45) is 1.91. The number of hydrogen-bond acceptors (Lipinski definition) is 5. The molecule has 84 heavy (non-hydrogen) atoms. The Morgan fingerprint density at radius 1 is 0.417 bits per heavy atom. The third kappa shape index (κ3) is 10.7. The second kappa shape index (κ2) is 21.0. The van der Waals surface area contributed by atoms with Gasteiger partial charge in [0.2, 0.25) is 0 Å². The zero-order chi connectivity index (χ0) is 59.0. The average molecular weight is 1110 g/mol. The van der Waals surface area contributed by atoms with Crippen LogP contribution in [-0.2, 0) is 21.7 Å². The van der Waals surface area contributed by atoms with Gasteiger partial charge in [0.05, 0.1) is 33.8 Å². The first-order chi connectivity index (χ1) is 40.0. The Hall–Kier alpha value is -9.01. The summed E-state index contributed by atoms with van der Waals surface area (Å²) in [6, 6.07) is 70.2. The van der Waals surface area contributed by atoms with Crippen LogP contribution < -0.4 is 19.4 Å². The van der Waals surface area contributed by atoms with Crippen molar-refractivity contribution in [3.05, 3.63) is 246 Å². The number of aromatic nitrogens is 2. The number of pyridine rings is 1. The molecule has 9 aromatic carbocycles. The van der Waals surface area contributed by atoms with Gasteiger partial charge in [-0.2, -0.15) is 0 Å². The highest BCUT2D eigenvalue weighted by molar-refractivity contribution is 6.09. The molecular formula is C76H73F2N5O. The van der Waals surface area contributed by atoms with E-state index in [4.69, 9.17) is 9.72 Å². The number of rotatable bonds is 10. The van der Waals surface area contributed by atoms with E-state index in [-0.39, 0.29) is 21.7 Å². The lowest BCUT2D eigenvalue weighted by molar-refractivity contribution is 0.483. The summed E-state index contributed by atoms with van der Waals surface area (Å²) in [5, 5.41) is 2.22. The van der Waals surface area contributed by atoms with E-state index in [1.54, 1.807) is 0 Å². The van der Waals surface area contributed by atoms with Gasteiger partial charge in [-0.05, 0) is 152 Å². The molecule has 8 heteroatoms. The fraction of sp³-hybridized carbons (Fsp3) is 0.224. The zero-order valence-corrected chi connectivity index (χ0v) is 50.3. The molecule has 422 valence electrons. The molecule has 1 aliphatic rings. The highest BCUT2D eigenvalue weighted by Gasteiger charge is 2.35. The maximum absolute atomic E-state index is 15.8. The monoisotopic (exact) mass is 1110 g/mol.